The number of hydrogen-bond donors (Lipinski definition) is 0. The highest BCUT2D eigenvalue weighted by Crippen LogP contribution is 2.17. The van der Waals surface area contributed by atoms with Crippen LogP contribution in [-0.4, -0.2) is 6.29 Å². The highest BCUT2D eigenvalue weighted by atomic mass is 16.1. The molecule has 1 heteroatoms. The van der Waals surface area contributed by atoms with E-state index in [-0.39, 0.29) is 5.92 Å². The molecule has 2 unspecified atom stereocenters. The van der Waals surface area contributed by atoms with Gasteiger partial charge < -0.3 is 4.79 Å². The van der Waals surface area contributed by atoms with Crippen LogP contribution in [0.1, 0.15) is 34.1 Å². The van der Waals surface area contributed by atoms with Crippen LogP contribution in [0.25, 0.3) is 0 Å². The van der Waals surface area contributed by atoms with Crippen LogP contribution in [0.5, 0.6) is 0 Å². The summed E-state index contributed by atoms with van der Waals surface area (Å²) >= 11 is 0. The van der Waals surface area contributed by atoms with E-state index < -0.39 is 0 Å². The quantitative estimate of drug-likeness (QED) is 0.551. The summed E-state index contributed by atoms with van der Waals surface area (Å²) in [4.78, 5) is 10.3. The van der Waals surface area contributed by atoms with E-state index in [2.05, 4.69) is 20.8 Å². The fourth-order valence-electron chi connectivity index (χ4n) is 1.09. The molecule has 0 bridgehead atoms. The molecule has 0 aromatic heterocycles. The van der Waals surface area contributed by atoms with E-state index >= 15 is 0 Å². The van der Waals surface area contributed by atoms with E-state index in [1.54, 1.807) is 0 Å². The Hall–Kier alpha value is -0.330. The van der Waals surface area contributed by atoms with E-state index in [1.165, 1.54) is 0 Å². The van der Waals surface area contributed by atoms with Crippen molar-refractivity contribution in [2.45, 2.75) is 34.1 Å². The first-order valence-electron chi connectivity index (χ1n) is 4.03. The molecule has 0 aliphatic rings. The molecule has 0 aromatic carbocycles. The minimum atomic E-state index is 0.224. The average Bonchev–Trinajstić information content (AvgIpc) is 1.85. The fourth-order valence-corrected chi connectivity index (χ4v) is 1.09. The van der Waals surface area contributed by atoms with Gasteiger partial charge in [-0.1, -0.05) is 27.7 Å². The predicted octanol–water partition coefficient (Wildman–Crippen LogP) is 2.50. The van der Waals surface area contributed by atoms with E-state index in [0.29, 0.717) is 11.8 Å². The normalized spacial score (nSPS) is 16.9. The van der Waals surface area contributed by atoms with Crippen LogP contribution in [0.4, 0.5) is 0 Å². The van der Waals surface area contributed by atoms with Crippen molar-refractivity contribution < 1.29 is 4.79 Å². The third-order valence-electron chi connectivity index (χ3n) is 1.96. The first-order chi connectivity index (χ1) is 4.57. The zero-order chi connectivity index (χ0) is 8.15. The first-order valence-corrected chi connectivity index (χ1v) is 4.03. The molecule has 2 atom stereocenters. The average molecular weight is 142 g/mol. The first kappa shape index (κ1) is 9.67. The van der Waals surface area contributed by atoms with Gasteiger partial charge in [-0.3, -0.25) is 0 Å². The predicted molar refractivity (Wildman–Crippen MR) is 43.8 cm³/mol. The van der Waals surface area contributed by atoms with Gasteiger partial charge in [0, 0.05) is 5.92 Å². The summed E-state index contributed by atoms with van der Waals surface area (Å²) in [6.07, 6.45) is 2.20. The summed E-state index contributed by atoms with van der Waals surface area (Å²) in [6, 6.07) is 0. The van der Waals surface area contributed by atoms with Crippen LogP contribution in [0.3, 0.4) is 0 Å². The molecule has 0 saturated carbocycles. The summed E-state index contributed by atoms with van der Waals surface area (Å²) in [5.41, 5.74) is 0. The van der Waals surface area contributed by atoms with Crippen molar-refractivity contribution in [3.05, 3.63) is 0 Å². The van der Waals surface area contributed by atoms with Gasteiger partial charge in [-0.25, -0.2) is 0 Å². The molecule has 0 spiro atoms. The third-order valence-corrected chi connectivity index (χ3v) is 1.96. The van der Waals surface area contributed by atoms with Gasteiger partial charge in [0.15, 0.2) is 0 Å². The fraction of sp³-hybridized carbons (Fsp3) is 0.889. The van der Waals surface area contributed by atoms with E-state index in [4.69, 9.17) is 0 Å². The smallest absolute Gasteiger partial charge is 0.123 e. The van der Waals surface area contributed by atoms with Crippen molar-refractivity contribution in [2.75, 3.05) is 0 Å². The lowest BCUT2D eigenvalue weighted by atomic mass is 9.89. The molecule has 0 amide bonds. The van der Waals surface area contributed by atoms with Gasteiger partial charge in [-0.2, -0.15) is 0 Å². The van der Waals surface area contributed by atoms with Gasteiger partial charge in [-0.15, -0.1) is 0 Å². The number of rotatable bonds is 4. The van der Waals surface area contributed by atoms with Crippen molar-refractivity contribution in [2.24, 2.45) is 17.8 Å². The highest BCUT2D eigenvalue weighted by Gasteiger charge is 2.11. The molecule has 0 N–H and O–H groups in total. The van der Waals surface area contributed by atoms with Gasteiger partial charge in [0.05, 0.1) is 0 Å². The second-order valence-electron chi connectivity index (χ2n) is 3.60. The second-order valence-corrected chi connectivity index (χ2v) is 3.60. The summed E-state index contributed by atoms with van der Waals surface area (Å²) in [6.45, 7) is 8.50. The van der Waals surface area contributed by atoms with Gasteiger partial charge in [0.2, 0.25) is 0 Å². The molecule has 0 aliphatic carbocycles. The molecular weight excluding hydrogens is 124 g/mol. The maximum Gasteiger partial charge on any atom is 0.123 e. The molecule has 10 heavy (non-hydrogen) atoms. The van der Waals surface area contributed by atoms with Crippen LogP contribution in [0.15, 0.2) is 0 Å². The number of carbonyl (C=O) groups is 1. The maximum absolute atomic E-state index is 10.3. The Labute approximate surface area is 63.8 Å². The Morgan fingerprint density at radius 1 is 1.20 bits per heavy atom. The van der Waals surface area contributed by atoms with E-state index in [1.807, 2.05) is 6.92 Å². The van der Waals surface area contributed by atoms with Crippen molar-refractivity contribution in [1.82, 2.24) is 0 Å². The Balaban J connectivity index is 3.60. The molecule has 0 radical (unpaired) electrons. The number of hydrogen-bond acceptors (Lipinski definition) is 1. The van der Waals surface area contributed by atoms with Crippen molar-refractivity contribution in [3.63, 3.8) is 0 Å². The van der Waals surface area contributed by atoms with Crippen LogP contribution < -0.4 is 0 Å². The molecule has 1 nitrogen and oxygen atoms in total. The van der Waals surface area contributed by atoms with Gasteiger partial charge >= 0.3 is 0 Å². The highest BCUT2D eigenvalue weighted by molar-refractivity contribution is 5.53. The topological polar surface area (TPSA) is 17.1 Å². The van der Waals surface area contributed by atoms with Crippen LogP contribution >= 0.6 is 0 Å². The second kappa shape index (κ2) is 4.48. The van der Waals surface area contributed by atoms with Gasteiger partial charge in [-0.05, 0) is 18.3 Å². The lowest BCUT2D eigenvalue weighted by Gasteiger charge is -2.15. The van der Waals surface area contributed by atoms with Gasteiger partial charge in [0.25, 0.3) is 0 Å². The van der Waals surface area contributed by atoms with Crippen LogP contribution in [-0.2, 0) is 4.79 Å². The van der Waals surface area contributed by atoms with Crippen LogP contribution in [0, 0.1) is 17.8 Å². The van der Waals surface area contributed by atoms with Crippen molar-refractivity contribution >= 4 is 6.29 Å². The van der Waals surface area contributed by atoms with Gasteiger partial charge in [0.1, 0.15) is 6.29 Å². The molecule has 0 aliphatic heterocycles. The monoisotopic (exact) mass is 142 g/mol. The van der Waals surface area contributed by atoms with Crippen molar-refractivity contribution in [3.8, 4) is 0 Å². The summed E-state index contributed by atoms with van der Waals surface area (Å²) in [5, 5.41) is 0. The minimum absolute atomic E-state index is 0.224. The van der Waals surface area contributed by atoms with Crippen LogP contribution in [0.2, 0.25) is 0 Å². The zero-order valence-electron chi connectivity index (χ0n) is 7.42. The molecule has 0 saturated heterocycles. The SMILES string of the molecule is CC(C)CC(C)C(C)C=O. The number of carbonyl (C=O) groups excluding carboxylic acids is 1. The standard InChI is InChI=1S/C9H18O/c1-7(2)5-8(3)9(4)6-10/h6-9H,5H2,1-4H3. The Bertz CT molecular complexity index is 96.9. The molecule has 0 rings (SSSR count). The molecule has 0 heterocycles. The van der Waals surface area contributed by atoms with E-state index in [0.717, 1.165) is 12.7 Å². The molecular formula is C9H18O. The maximum atomic E-state index is 10.3. The minimum Gasteiger partial charge on any atom is -0.303 e. The summed E-state index contributed by atoms with van der Waals surface area (Å²) in [5.74, 6) is 1.47. The lowest BCUT2D eigenvalue weighted by molar-refractivity contribution is -0.111. The lowest BCUT2D eigenvalue weighted by Crippen LogP contribution is -2.11. The largest absolute Gasteiger partial charge is 0.303 e. The Morgan fingerprint density at radius 3 is 2.00 bits per heavy atom. The molecule has 0 fully saturated rings. The number of aldehydes is 1. The summed E-state index contributed by atoms with van der Waals surface area (Å²) < 4.78 is 0. The summed E-state index contributed by atoms with van der Waals surface area (Å²) in [7, 11) is 0. The Kier molecular flexibility index (Phi) is 4.33. The molecule has 60 valence electrons. The van der Waals surface area contributed by atoms with Crippen molar-refractivity contribution in [1.29, 1.82) is 0 Å². The Morgan fingerprint density at radius 2 is 1.70 bits per heavy atom. The zero-order valence-corrected chi connectivity index (χ0v) is 7.42. The third kappa shape index (κ3) is 3.65. The molecule has 0 aromatic rings. The van der Waals surface area contributed by atoms with E-state index in [9.17, 15) is 4.79 Å².